The van der Waals surface area contributed by atoms with Crippen LogP contribution in [0.5, 0.6) is 0 Å². The van der Waals surface area contributed by atoms with E-state index >= 15 is 0 Å². The van der Waals surface area contributed by atoms with Gasteiger partial charge in [-0.1, -0.05) is 6.07 Å². The summed E-state index contributed by atoms with van der Waals surface area (Å²) in [4.78, 5) is 5.78. The van der Waals surface area contributed by atoms with Crippen LogP contribution in [0.4, 0.5) is 0 Å². The number of aromatic amines is 1. The van der Waals surface area contributed by atoms with Crippen molar-refractivity contribution in [1.82, 2.24) is 9.88 Å². The summed E-state index contributed by atoms with van der Waals surface area (Å²) < 4.78 is 0. The van der Waals surface area contributed by atoms with Gasteiger partial charge in [-0.2, -0.15) is 0 Å². The Morgan fingerprint density at radius 2 is 2.19 bits per heavy atom. The number of hydrogen-bond acceptors (Lipinski definition) is 1. The molecule has 1 aliphatic rings. The average Bonchev–Trinajstić information content (AvgIpc) is 2.74. The predicted octanol–water partition coefficient (Wildman–Crippen LogP) is 2.78. The Bertz CT molecular complexity index is 478. The van der Waals surface area contributed by atoms with Crippen LogP contribution in [0.25, 0.3) is 10.9 Å². The molecule has 1 fully saturated rings. The molecule has 0 atom stereocenters. The van der Waals surface area contributed by atoms with Gasteiger partial charge < -0.3 is 9.88 Å². The minimum atomic E-state index is 0.723. The predicted molar refractivity (Wildman–Crippen MR) is 66.6 cm³/mol. The molecule has 2 aromatic rings. The molecule has 1 saturated heterocycles. The highest BCUT2D eigenvalue weighted by molar-refractivity contribution is 5.83. The van der Waals surface area contributed by atoms with Crippen LogP contribution in [0.1, 0.15) is 24.3 Å². The molecule has 1 aromatic heterocycles. The summed E-state index contributed by atoms with van der Waals surface area (Å²) in [5.74, 6) is 0.723. The average molecular weight is 213 g/mol. The number of H-pyrrole nitrogens is 1. The lowest BCUT2D eigenvalue weighted by Gasteiger charge is -2.28. The molecule has 1 radical (unpaired) electrons. The van der Waals surface area contributed by atoms with Gasteiger partial charge in [0.05, 0.1) is 0 Å². The number of fused-ring (bicyclic) bond motifs is 1. The molecule has 0 aliphatic carbocycles. The topological polar surface area (TPSA) is 19.0 Å². The molecule has 2 heterocycles. The molecule has 0 amide bonds. The van der Waals surface area contributed by atoms with Gasteiger partial charge in [0.25, 0.3) is 0 Å². The summed E-state index contributed by atoms with van der Waals surface area (Å²) >= 11 is 0. The molecule has 1 N–H and O–H groups in total. The lowest BCUT2D eigenvalue weighted by molar-refractivity contribution is 0.256. The van der Waals surface area contributed by atoms with Gasteiger partial charge in [-0.25, -0.2) is 0 Å². The zero-order chi connectivity index (χ0) is 11.0. The van der Waals surface area contributed by atoms with Crippen molar-refractivity contribution in [3.63, 3.8) is 0 Å². The second-order valence-electron chi connectivity index (χ2n) is 4.79. The molecule has 1 aromatic carbocycles. The highest BCUT2D eigenvalue weighted by atomic mass is 15.1. The Balaban J connectivity index is 1.94. The van der Waals surface area contributed by atoms with Gasteiger partial charge >= 0.3 is 0 Å². The van der Waals surface area contributed by atoms with E-state index in [-0.39, 0.29) is 0 Å². The SMILES string of the molecule is CN1CCC(c2c[nH]c3cc[c]cc23)CC1. The first kappa shape index (κ1) is 9.91. The van der Waals surface area contributed by atoms with E-state index in [2.05, 4.69) is 41.3 Å². The standard InChI is InChI=1S/C14H17N2/c1-16-8-6-11(7-9-16)13-10-15-14-5-3-2-4-12(13)14/h3-5,10-11,15H,6-9H2,1H3. The summed E-state index contributed by atoms with van der Waals surface area (Å²) in [6, 6.07) is 9.36. The van der Waals surface area contributed by atoms with Crippen molar-refractivity contribution >= 4 is 10.9 Å². The molecule has 3 rings (SSSR count). The van der Waals surface area contributed by atoms with Gasteiger partial charge in [-0.3, -0.25) is 0 Å². The van der Waals surface area contributed by atoms with Crippen molar-refractivity contribution in [3.8, 4) is 0 Å². The van der Waals surface area contributed by atoms with Crippen molar-refractivity contribution in [2.75, 3.05) is 20.1 Å². The lowest BCUT2D eigenvalue weighted by atomic mass is 9.89. The third-order valence-electron chi connectivity index (χ3n) is 3.72. The summed E-state index contributed by atoms with van der Waals surface area (Å²) in [7, 11) is 2.21. The van der Waals surface area contributed by atoms with Crippen LogP contribution in [0.15, 0.2) is 24.4 Å². The highest BCUT2D eigenvalue weighted by Crippen LogP contribution is 2.32. The number of likely N-dealkylation sites (tertiary alicyclic amines) is 1. The normalized spacial score (nSPS) is 19.3. The molecule has 2 heteroatoms. The molecule has 2 nitrogen and oxygen atoms in total. The van der Waals surface area contributed by atoms with Crippen molar-refractivity contribution in [3.05, 3.63) is 36.0 Å². The lowest BCUT2D eigenvalue weighted by Crippen LogP contribution is -2.29. The first-order chi connectivity index (χ1) is 7.84. The maximum atomic E-state index is 3.36. The number of aromatic nitrogens is 1. The van der Waals surface area contributed by atoms with Crippen LogP contribution in [0.2, 0.25) is 0 Å². The maximum absolute atomic E-state index is 3.36. The fraction of sp³-hybridized carbons (Fsp3) is 0.429. The van der Waals surface area contributed by atoms with Crippen LogP contribution in [-0.4, -0.2) is 30.0 Å². The van der Waals surface area contributed by atoms with Gasteiger partial charge in [0.15, 0.2) is 0 Å². The molecular formula is C14H17N2. The first-order valence-corrected chi connectivity index (χ1v) is 6.00. The Morgan fingerprint density at radius 3 is 3.00 bits per heavy atom. The van der Waals surface area contributed by atoms with Gasteiger partial charge in [0.2, 0.25) is 0 Å². The Labute approximate surface area is 96.3 Å². The number of nitrogens with one attached hydrogen (secondary N) is 1. The van der Waals surface area contributed by atoms with Gasteiger partial charge in [0.1, 0.15) is 0 Å². The summed E-state index contributed by atoms with van der Waals surface area (Å²) in [6.45, 7) is 2.43. The maximum Gasteiger partial charge on any atom is 0.0457 e. The van der Waals surface area contributed by atoms with Crippen molar-refractivity contribution in [2.45, 2.75) is 18.8 Å². The molecule has 1 aliphatic heterocycles. The molecule has 0 saturated carbocycles. The van der Waals surface area contributed by atoms with E-state index in [1.807, 2.05) is 6.07 Å². The van der Waals surface area contributed by atoms with Crippen molar-refractivity contribution in [2.24, 2.45) is 0 Å². The molecule has 16 heavy (non-hydrogen) atoms. The Morgan fingerprint density at radius 1 is 1.38 bits per heavy atom. The quantitative estimate of drug-likeness (QED) is 0.771. The van der Waals surface area contributed by atoms with E-state index in [0.29, 0.717) is 0 Å². The van der Waals surface area contributed by atoms with E-state index < -0.39 is 0 Å². The van der Waals surface area contributed by atoms with E-state index in [4.69, 9.17) is 0 Å². The first-order valence-electron chi connectivity index (χ1n) is 6.00. The number of benzene rings is 1. The van der Waals surface area contributed by atoms with Crippen LogP contribution < -0.4 is 0 Å². The van der Waals surface area contributed by atoms with Gasteiger partial charge in [-0.05, 0) is 62.7 Å². The van der Waals surface area contributed by atoms with Crippen LogP contribution in [0, 0.1) is 6.07 Å². The van der Waals surface area contributed by atoms with Crippen LogP contribution in [0.3, 0.4) is 0 Å². The molecule has 83 valence electrons. The fourth-order valence-electron chi connectivity index (χ4n) is 2.69. The fourth-order valence-corrected chi connectivity index (χ4v) is 2.69. The largest absolute Gasteiger partial charge is 0.361 e. The number of hydrogen-bond donors (Lipinski definition) is 1. The summed E-state index contributed by atoms with van der Waals surface area (Å²) in [5, 5.41) is 1.36. The number of nitrogens with zero attached hydrogens (tertiary/aromatic N) is 1. The van der Waals surface area contributed by atoms with Crippen LogP contribution in [-0.2, 0) is 0 Å². The summed E-state index contributed by atoms with van der Waals surface area (Å²) in [6.07, 6.45) is 4.74. The molecule has 0 bridgehead atoms. The van der Waals surface area contributed by atoms with E-state index in [9.17, 15) is 0 Å². The van der Waals surface area contributed by atoms with Gasteiger partial charge in [0, 0.05) is 17.1 Å². The molecular weight excluding hydrogens is 196 g/mol. The Kier molecular flexibility index (Phi) is 2.44. The van der Waals surface area contributed by atoms with E-state index in [1.54, 1.807) is 0 Å². The minimum Gasteiger partial charge on any atom is -0.361 e. The third kappa shape index (κ3) is 1.63. The van der Waals surface area contributed by atoms with E-state index in [0.717, 1.165) is 5.92 Å². The number of rotatable bonds is 1. The monoisotopic (exact) mass is 213 g/mol. The Hall–Kier alpha value is -1.28. The van der Waals surface area contributed by atoms with Crippen molar-refractivity contribution < 1.29 is 0 Å². The van der Waals surface area contributed by atoms with Crippen LogP contribution >= 0.6 is 0 Å². The zero-order valence-corrected chi connectivity index (χ0v) is 9.66. The van der Waals surface area contributed by atoms with E-state index in [1.165, 1.54) is 42.4 Å². The third-order valence-corrected chi connectivity index (χ3v) is 3.72. The smallest absolute Gasteiger partial charge is 0.0457 e. The molecule has 0 unspecified atom stereocenters. The highest BCUT2D eigenvalue weighted by Gasteiger charge is 2.20. The second kappa shape index (κ2) is 3.95. The summed E-state index contributed by atoms with van der Waals surface area (Å²) in [5.41, 5.74) is 2.73. The second-order valence-corrected chi connectivity index (χ2v) is 4.79. The molecule has 0 spiro atoms. The van der Waals surface area contributed by atoms with Crippen molar-refractivity contribution in [1.29, 1.82) is 0 Å². The minimum absolute atomic E-state index is 0.723. The van der Waals surface area contributed by atoms with Gasteiger partial charge in [-0.15, -0.1) is 0 Å². The zero-order valence-electron chi connectivity index (χ0n) is 9.66. The number of piperidine rings is 1.